The van der Waals surface area contributed by atoms with Crippen molar-refractivity contribution >= 4 is 41.4 Å². The fraction of sp³-hybridized carbons (Fsp3) is 0.368. The number of nitrogens with zero attached hydrogens (tertiary/aromatic N) is 1. The van der Waals surface area contributed by atoms with E-state index >= 15 is 0 Å². The Bertz CT molecular complexity index is 2170. The largest absolute Gasteiger partial charge is 0.673 e. The molecular weight excluding hydrogens is 988 g/mol. The van der Waals surface area contributed by atoms with Crippen molar-refractivity contribution in [1.82, 2.24) is 0 Å². The molecule has 359 valence electrons. The SMILES string of the molecule is C1CCOC1.CC(C)(c1ccccc1)c1cc(C(C)(C)c2ccccc2)c(O)c(SCSc2c(O)c(C(C)(C)c3ccccc3)cc(C(C)(C)c3ccccc3)c2O)c1O.C[Si](C)[N-][Si](C)C.[Y]. The Morgan fingerprint density at radius 2 is 0.676 bits per heavy atom. The van der Waals surface area contributed by atoms with E-state index in [1.165, 1.54) is 36.4 Å². The van der Waals surface area contributed by atoms with Crippen molar-refractivity contribution in [3.63, 3.8) is 0 Å². The van der Waals surface area contributed by atoms with Gasteiger partial charge in [0.25, 0.3) is 0 Å². The molecule has 6 aromatic carbocycles. The van der Waals surface area contributed by atoms with Gasteiger partial charge in [0, 0.05) is 94.9 Å². The van der Waals surface area contributed by atoms with E-state index in [4.69, 9.17) is 4.74 Å². The number of phenols is 4. The van der Waals surface area contributed by atoms with Crippen LogP contribution >= 0.6 is 23.5 Å². The normalized spacial score (nSPS) is 13.0. The van der Waals surface area contributed by atoms with Crippen molar-refractivity contribution in [3.8, 4) is 23.0 Å². The number of aromatic hydroxyl groups is 4. The van der Waals surface area contributed by atoms with Gasteiger partial charge in [-0.05, 0) is 47.2 Å². The van der Waals surface area contributed by atoms with Crippen LogP contribution in [0.25, 0.3) is 4.65 Å². The molecule has 4 N–H and O–H groups in total. The van der Waals surface area contributed by atoms with E-state index in [9.17, 15) is 20.4 Å². The Hall–Kier alpha value is -3.32. The summed E-state index contributed by atoms with van der Waals surface area (Å²) in [4.78, 5) is 0.718. The first-order valence-corrected chi connectivity index (χ1v) is 30.1. The van der Waals surface area contributed by atoms with Crippen LogP contribution in [0.5, 0.6) is 23.0 Å². The van der Waals surface area contributed by atoms with E-state index in [-0.39, 0.29) is 78.7 Å². The van der Waals surface area contributed by atoms with Gasteiger partial charge < -0.3 is 29.8 Å². The van der Waals surface area contributed by atoms with Crippen LogP contribution in [-0.2, 0) is 59.1 Å². The summed E-state index contributed by atoms with van der Waals surface area (Å²) in [6, 6.07) is 44.2. The van der Waals surface area contributed by atoms with Gasteiger partial charge in [0.15, 0.2) is 0 Å². The topological polar surface area (TPSA) is 104 Å². The molecule has 7 rings (SSSR count). The van der Waals surface area contributed by atoms with Gasteiger partial charge in [-0.3, -0.25) is 0 Å². The van der Waals surface area contributed by atoms with E-state index in [0.29, 0.717) is 32.0 Å². The molecular formula is C57H72NO5S2Si2Y-. The van der Waals surface area contributed by atoms with Crippen LogP contribution in [0.1, 0.15) is 113 Å². The third-order valence-corrected chi connectivity index (χ3v) is 18.7. The number of benzene rings is 6. The molecule has 1 aliphatic rings. The molecule has 0 aliphatic carbocycles. The molecule has 1 heterocycles. The first-order chi connectivity index (χ1) is 31.6. The van der Waals surface area contributed by atoms with Gasteiger partial charge in [-0.25, -0.2) is 0 Å². The number of ether oxygens (including phenoxy) is 1. The Kier molecular flexibility index (Phi) is 21.2. The summed E-state index contributed by atoms with van der Waals surface area (Å²) in [7, 11) is -0.528. The number of rotatable bonds is 14. The monoisotopic (exact) mass is 1060 g/mol. The van der Waals surface area contributed by atoms with E-state index in [1.807, 2.05) is 84.9 Å². The molecule has 6 nitrogen and oxygen atoms in total. The van der Waals surface area contributed by atoms with Crippen LogP contribution in [0.3, 0.4) is 0 Å². The molecule has 0 atom stereocenters. The van der Waals surface area contributed by atoms with Gasteiger partial charge in [0.2, 0.25) is 0 Å². The summed E-state index contributed by atoms with van der Waals surface area (Å²) in [6.07, 6.45) is 2.56. The Morgan fingerprint density at radius 1 is 0.441 bits per heavy atom. The molecule has 3 radical (unpaired) electrons. The van der Waals surface area contributed by atoms with Gasteiger partial charge in [-0.1, -0.05) is 221 Å². The van der Waals surface area contributed by atoms with Crippen molar-refractivity contribution in [3.05, 3.63) is 183 Å². The minimum Gasteiger partial charge on any atom is -0.673 e. The predicted octanol–water partition coefficient (Wildman–Crippen LogP) is 15.3. The van der Waals surface area contributed by atoms with E-state index in [2.05, 4.69) is 135 Å². The maximum atomic E-state index is 12.1. The fourth-order valence-corrected chi connectivity index (χ4v) is 14.3. The molecule has 0 unspecified atom stereocenters. The summed E-state index contributed by atoms with van der Waals surface area (Å²) >= 11 is 2.59. The average Bonchev–Trinajstić information content (AvgIpc) is 3.90. The van der Waals surface area contributed by atoms with Crippen molar-refractivity contribution in [2.24, 2.45) is 0 Å². The predicted molar refractivity (Wildman–Crippen MR) is 289 cm³/mol. The number of thioether (sulfide) groups is 2. The summed E-state index contributed by atoms with van der Waals surface area (Å²) in [5.74, 6) is 0.0662. The van der Waals surface area contributed by atoms with Gasteiger partial charge in [0.1, 0.15) is 23.0 Å². The molecule has 1 aliphatic heterocycles. The Morgan fingerprint density at radius 3 is 0.853 bits per heavy atom. The maximum Gasteiger partial charge on any atom is 0.137 e. The molecule has 0 saturated carbocycles. The fourth-order valence-electron chi connectivity index (χ4n) is 8.60. The van der Waals surface area contributed by atoms with Crippen LogP contribution < -0.4 is 0 Å². The van der Waals surface area contributed by atoms with Gasteiger partial charge in [-0.15, -0.1) is 23.5 Å². The Labute approximate surface area is 445 Å². The second-order valence-corrected chi connectivity index (χ2v) is 26.7. The molecule has 11 heteroatoms. The van der Waals surface area contributed by atoms with Crippen LogP contribution in [0, 0.1) is 0 Å². The zero-order valence-corrected chi connectivity index (χ0v) is 48.7. The first kappa shape index (κ1) is 57.3. The van der Waals surface area contributed by atoms with Crippen molar-refractivity contribution in [2.45, 2.75) is 126 Å². The zero-order chi connectivity index (χ0) is 49.2. The molecule has 6 aromatic rings. The molecule has 0 amide bonds. The van der Waals surface area contributed by atoms with E-state index < -0.39 is 21.7 Å². The number of hydrogen-bond donors (Lipinski definition) is 4. The standard InChI is InChI=1S/C49H52O4S2.C4H12NSi2.C4H8O.Y/c1-46(2,32-21-13-9-14-22-32)36-29-37(47(3,4)33-23-15-10-16-24-33)41(51)44(40(36)50)54-31-55-45-42(52)38(48(5,6)34-25-17-11-18-26-34)30-39(43(45)53)49(7,8)35-27-19-12-20-28-35;1-6(2)5-7(3)4;1-2-4-5-3-1;/h9-30,50-53H,31H2,1-8H3;1-4H3;1-4H2;/q;-1;;. The smallest absolute Gasteiger partial charge is 0.137 e. The Balaban J connectivity index is 0.000000681. The summed E-state index contributed by atoms with van der Waals surface area (Å²) < 4.78 is 9.43. The maximum absolute atomic E-state index is 12.1. The van der Waals surface area contributed by atoms with Crippen LogP contribution in [0.4, 0.5) is 0 Å². The van der Waals surface area contributed by atoms with Crippen molar-refractivity contribution < 1.29 is 57.9 Å². The number of hydrogen-bond acceptors (Lipinski definition) is 7. The minimum atomic E-state index is -0.602. The van der Waals surface area contributed by atoms with Crippen LogP contribution in [0.15, 0.2) is 143 Å². The molecule has 1 fully saturated rings. The zero-order valence-electron chi connectivity index (χ0n) is 42.3. The van der Waals surface area contributed by atoms with Crippen molar-refractivity contribution in [2.75, 3.05) is 18.3 Å². The molecule has 0 aromatic heterocycles. The molecule has 68 heavy (non-hydrogen) atoms. The molecule has 0 bridgehead atoms. The van der Waals surface area contributed by atoms with E-state index in [1.54, 1.807) is 0 Å². The second kappa shape index (κ2) is 25.2. The van der Waals surface area contributed by atoms with Gasteiger partial charge >= 0.3 is 0 Å². The summed E-state index contributed by atoms with van der Waals surface area (Å²) in [5, 5.41) is 48.7. The molecule has 0 spiro atoms. The van der Waals surface area contributed by atoms with Crippen LogP contribution in [-0.4, -0.2) is 56.6 Å². The number of phenolic OH excluding ortho intramolecular Hbond substituents is 4. The van der Waals surface area contributed by atoms with Crippen LogP contribution in [0.2, 0.25) is 26.2 Å². The third-order valence-electron chi connectivity index (χ3n) is 12.8. The average molecular weight is 1060 g/mol. The first-order valence-electron chi connectivity index (χ1n) is 23.2. The second-order valence-electron chi connectivity index (χ2n) is 19.7. The van der Waals surface area contributed by atoms with Crippen molar-refractivity contribution in [1.29, 1.82) is 0 Å². The molecule has 1 saturated heterocycles. The van der Waals surface area contributed by atoms with Gasteiger partial charge in [-0.2, -0.15) is 0 Å². The third kappa shape index (κ3) is 13.8. The van der Waals surface area contributed by atoms with E-state index in [0.717, 1.165) is 35.5 Å². The quantitative estimate of drug-likeness (QED) is 0.0489. The summed E-state index contributed by atoms with van der Waals surface area (Å²) in [5.41, 5.74) is 4.53. The minimum absolute atomic E-state index is 0. The van der Waals surface area contributed by atoms with Gasteiger partial charge in [0.05, 0.1) is 9.79 Å². The summed E-state index contributed by atoms with van der Waals surface area (Å²) in [6.45, 7) is 27.6.